The monoisotopic (exact) mass is 124 g/mol. The summed E-state index contributed by atoms with van der Waals surface area (Å²) in [5.41, 5.74) is 0. The highest BCUT2D eigenvalue weighted by Crippen LogP contribution is 2.02. The molecular weight excluding hydrogens is 116 g/mol. The van der Waals surface area contributed by atoms with Crippen molar-refractivity contribution in [3.05, 3.63) is 23.7 Å². The van der Waals surface area contributed by atoms with E-state index in [4.69, 9.17) is 10.3 Å². The zero-order valence-corrected chi connectivity index (χ0v) is 5.16. The molecule has 0 unspecified atom stereocenters. The highest BCUT2D eigenvalue weighted by atomic mass is 16.3. The fraction of sp³-hybridized carbons (Fsp3) is 0.167. The summed E-state index contributed by atoms with van der Waals surface area (Å²) in [5.74, 6) is 6.43. The first kappa shape index (κ1) is 5.88. The number of hydrogen-bond donors (Lipinski definition) is 1. The molecule has 1 heterocycles. The smallest absolute Gasteiger partial charge is 0.147 e. The van der Waals surface area contributed by atoms with Crippen LogP contribution in [0.15, 0.2) is 21.7 Å². The number of hydrogen-bond acceptors (Lipinski definition) is 3. The lowest BCUT2D eigenvalue weighted by molar-refractivity contribution is 0.528. The van der Waals surface area contributed by atoms with Gasteiger partial charge in [-0.25, -0.2) is 0 Å². The number of hydrazone groups is 1. The van der Waals surface area contributed by atoms with Gasteiger partial charge in [0, 0.05) is 0 Å². The van der Waals surface area contributed by atoms with E-state index in [1.54, 1.807) is 0 Å². The van der Waals surface area contributed by atoms with Crippen molar-refractivity contribution in [2.24, 2.45) is 10.9 Å². The van der Waals surface area contributed by atoms with Crippen molar-refractivity contribution in [1.82, 2.24) is 0 Å². The standard InChI is InChI=1S/C6H8N2O/c1-5-2-3-6(9-5)4-8-7/h2-4H,7H2,1H3/b8-4+. The second kappa shape index (κ2) is 2.35. The number of nitrogens with zero attached hydrogens (tertiary/aromatic N) is 1. The molecule has 0 saturated heterocycles. The molecular formula is C6H8N2O. The molecule has 0 radical (unpaired) electrons. The summed E-state index contributed by atoms with van der Waals surface area (Å²) >= 11 is 0. The van der Waals surface area contributed by atoms with Crippen LogP contribution >= 0.6 is 0 Å². The molecule has 0 saturated carbocycles. The van der Waals surface area contributed by atoms with E-state index in [-0.39, 0.29) is 0 Å². The highest BCUT2D eigenvalue weighted by Gasteiger charge is 1.90. The predicted octanol–water partition coefficient (Wildman–Crippen LogP) is 0.881. The fourth-order valence-electron chi connectivity index (χ4n) is 0.596. The molecule has 0 spiro atoms. The van der Waals surface area contributed by atoms with Crippen LogP contribution in [0.1, 0.15) is 11.5 Å². The Morgan fingerprint density at radius 2 is 2.44 bits per heavy atom. The maximum Gasteiger partial charge on any atom is 0.147 e. The summed E-state index contributed by atoms with van der Waals surface area (Å²) in [6, 6.07) is 3.67. The van der Waals surface area contributed by atoms with Gasteiger partial charge in [-0.2, -0.15) is 5.10 Å². The lowest BCUT2D eigenvalue weighted by atomic mass is 10.4. The van der Waals surface area contributed by atoms with Crippen molar-refractivity contribution in [3.63, 3.8) is 0 Å². The van der Waals surface area contributed by atoms with Crippen molar-refractivity contribution in [2.45, 2.75) is 6.92 Å². The summed E-state index contributed by atoms with van der Waals surface area (Å²) in [7, 11) is 0. The molecule has 0 bridgehead atoms. The minimum Gasteiger partial charge on any atom is -0.460 e. The van der Waals surface area contributed by atoms with Gasteiger partial charge in [-0.15, -0.1) is 0 Å². The maximum absolute atomic E-state index is 5.09. The summed E-state index contributed by atoms with van der Waals surface area (Å²) in [6.45, 7) is 1.87. The zero-order valence-electron chi connectivity index (χ0n) is 5.16. The Morgan fingerprint density at radius 1 is 1.67 bits per heavy atom. The molecule has 0 atom stereocenters. The number of furan rings is 1. The maximum atomic E-state index is 5.09. The molecule has 0 aromatic carbocycles. The topological polar surface area (TPSA) is 51.5 Å². The first-order chi connectivity index (χ1) is 4.33. The molecule has 0 aliphatic heterocycles. The van der Waals surface area contributed by atoms with Gasteiger partial charge < -0.3 is 10.3 Å². The van der Waals surface area contributed by atoms with E-state index in [9.17, 15) is 0 Å². The lowest BCUT2D eigenvalue weighted by Gasteiger charge is -1.79. The van der Waals surface area contributed by atoms with Gasteiger partial charge in [0.25, 0.3) is 0 Å². The van der Waals surface area contributed by atoms with E-state index in [2.05, 4.69) is 5.10 Å². The summed E-state index contributed by atoms with van der Waals surface area (Å²) in [6.07, 6.45) is 1.47. The largest absolute Gasteiger partial charge is 0.460 e. The Labute approximate surface area is 53.2 Å². The Hall–Kier alpha value is -1.25. The van der Waals surface area contributed by atoms with E-state index < -0.39 is 0 Å². The average Bonchev–Trinajstić information content (AvgIpc) is 2.17. The van der Waals surface area contributed by atoms with Crippen molar-refractivity contribution < 1.29 is 4.42 Å². The van der Waals surface area contributed by atoms with E-state index >= 15 is 0 Å². The van der Waals surface area contributed by atoms with Gasteiger partial charge in [-0.05, 0) is 19.1 Å². The van der Waals surface area contributed by atoms with Gasteiger partial charge in [-0.3, -0.25) is 0 Å². The van der Waals surface area contributed by atoms with Crippen LogP contribution in [0.25, 0.3) is 0 Å². The van der Waals surface area contributed by atoms with Crippen LogP contribution in [0.2, 0.25) is 0 Å². The van der Waals surface area contributed by atoms with Gasteiger partial charge in [0.15, 0.2) is 0 Å². The summed E-state index contributed by atoms with van der Waals surface area (Å²) in [5, 5.41) is 3.30. The zero-order chi connectivity index (χ0) is 6.69. The highest BCUT2D eigenvalue weighted by molar-refractivity contribution is 5.75. The first-order valence-corrected chi connectivity index (χ1v) is 2.62. The molecule has 0 aliphatic rings. The number of aryl methyl sites for hydroxylation is 1. The van der Waals surface area contributed by atoms with Crippen molar-refractivity contribution in [2.75, 3.05) is 0 Å². The fourth-order valence-corrected chi connectivity index (χ4v) is 0.596. The Morgan fingerprint density at radius 3 is 2.89 bits per heavy atom. The lowest BCUT2D eigenvalue weighted by Crippen LogP contribution is -1.81. The van der Waals surface area contributed by atoms with E-state index in [1.807, 2.05) is 19.1 Å². The Kier molecular flexibility index (Phi) is 1.53. The second-order valence-electron chi connectivity index (χ2n) is 1.73. The SMILES string of the molecule is Cc1ccc(/C=N/N)o1. The number of nitrogens with two attached hydrogens (primary N) is 1. The van der Waals surface area contributed by atoms with Gasteiger partial charge in [0.2, 0.25) is 0 Å². The van der Waals surface area contributed by atoms with Crippen LogP contribution in [0.5, 0.6) is 0 Å². The predicted molar refractivity (Wildman–Crippen MR) is 35.2 cm³/mol. The van der Waals surface area contributed by atoms with Crippen LogP contribution in [0.3, 0.4) is 0 Å². The summed E-state index contributed by atoms with van der Waals surface area (Å²) < 4.78 is 5.09. The third kappa shape index (κ3) is 1.32. The van der Waals surface area contributed by atoms with Crippen molar-refractivity contribution in [3.8, 4) is 0 Å². The Bertz CT molecular complexity index is 215. The van der Waals surface area contributed by atoms with Crippen LogP contribution in [-0.4, -0.2) is 6.21 Å². The van der Waals surface area contributed by atoms with Crippen LogP contribution in [0.4, 0.5) is 0 Å². The second-order valence-corrected chi connectivity index (χ2v) is 1.73. The molecule has 0 aliphatic carbocycles. The van der Waals surface area contributed by atoms with E-state index in [1.165, 1.54) is 6.21 Å². The van der Waals surface area contributed by atoms with E-state index in [0.29, 0.717) is 5.76 Å². The molecule has 48 valence electrons. The van der Waals surface area contributed by atoms with Crippen LogP contribution in [-0.2, 0) is 0 Å². The number of rotatable bonds is 1. The third-order valence-electron chi connectivity index (χ3n) is 0.963. The Balaban J connectivity index is 2.85. The summed E-state index contributed by atoms with van der Waals surface area (Å²) in [4.78, 5) is 0. The molecule has 1 aromatic rings. The molecule has 3 heteroatoms. The van der Waals surface area contributed by atoms with Crippen LogP contribution < -0.4 is 5.84 Å². The molecule has 9 heavy (non-hydrogen) atoms. The molecule has 1 aromatic heterocycles. The molecule has 1 rings (SSSR count). The van der Waals surface area contributed by atoms with Gasteiger partial charge in [0.1, 0.15) is 11.5 Å². The minimum absolute atomic E-state index is 0.690. The average molecular weight is 124 g/mol. The van der Waals surface area contributed by atoms with Crippen LogP contribution in [0, 0.1) is 6.92 Å². The first-order valence-electron chi connectivity index (χ1n) is 2.62. The van der Waals surface area contributed by atoms with Crippen molar-refractivity contribution >= 4 is 6.21 Å². The van der Waals surface area contributed by atoms with Crippen molar-refractivity contribution in [1.29, 1.82) is 0 Å². The molecule has 0 amide bonds. The quantitative estimate of drug-likeness (QED) is 0.343. The van der Waals surface area contributed by atoms with Gasteiger partial charge in [0.05, 0.1) is 6.21 Å². The van der Waals surface area contributed by atoms with Gasteiger partial charge in [-0.1, -0.05) is 0 Å². The van der Waals surface area contributed by atoms with E-state index in [0.717, 1.165) is 5.76 Å². The normalized spacial score (nSPS) is 10.8. The molecule has 0 fully saturated rings. The third-order valence-corrected chi connectivity index (χ3v) is 0.963. The minimum atomic E-state index is 0.690. The molecule has 3 nitrogen and oxygen atoms in total. The molecule has 2 N–H and O–H groups in total. The van der Waals surface area contributed by atoms with Gasteiger partial charge >= 0.3 is 0 Å².